The van der Waals surface area contributed by atoms with Crippen LogP contribution in [0.4, 0.5) is 0 Å². The van der Waals surface area contributed by atoms with Crippen LogP contribution in [0, 0.1) is 0 Å². The van der Waals surface area contributed by atoms with E-state index in [0.29, 0.717) is 5.92 Å². The van der Waals surface area contributed by atoms with Gasteiger partial charge in [0.15, 0.2) is 0 Å². The summed E-state index contributed by atoms with van der Waals surface area (Å²) < 4.78 is 0. The first-order valence-electron chi connectivity index (χ1n) is 6.71. The normalized spacial score (nSPS) is 12.3. The molecule has 0 bridgehead atoms. The summed E-state index contributed by atoms with van der Waals surface area (Å²) in [4.78, 5) is 0. The van der Waals surface area contributed by atoms with Crippen molar-refractivity contribution in [1.82, 2.24) is 0 Å². The lowest BCUT2D eigenvalue weighted by Gasteiger charge is -2.19. The minimum atomic E-state index is -0.421. The van der Waals surface area contributed by atoms with E-state index in [1.54, 1.807) is 6.08 Å². The van der Waals surface area contributed by atoms with Crippen molar-refractivity contribution in [3.05, 3.63) is 84.4 Å². The number of aliphatic hydroxyl groups is 1. The molecule has 1 N–H and O–H groups in total. The smallest absolute Gasteiger partial charge is 0.0718 e. The average molecular weight is 252 g/mol. The van der Waals surface area contributed by atoms with E-state index in [1.165, 1.54) is 11.1 Å². The lowest BCUT2D eigenvalue weighted by molar-refractivity contribution is 0.208. The molecule has 2 aromatic carbocycles. The maximum absolute atomic E-state index is 9.68. The zero-order chi connectivity index (χ0) is 13.5. The molecule has 2 rings (SSSR count). The maximum Gasteiger partial charge on any atom is 0.0718 e. The van der Waals surface area contributed by atoms with E-state index in [0.717, 1.165) is 12.8 Å². The Morgan fingerprint density at radius 3 is 1.74 bits per heavy atom. The molecule has 0 saturated heterocycles. The molecule has 1 unspecified atom stereocenters. The lowest BCUT2D eigenvalue weighted by Crippen LogP contribution is -2.07. The Kier molecular flexibility index (Phi) is 4.93. The highest BCUT2D eigenvalue weighted by molar-refractivity contribution is 5.32. The van der Waals surface area contributed by atoms with Crippen molar-refractivity contribution in [2.24, 2.45) is 0 Å². The molecule has 0 aliphatic heterocycles. The third kappa shape index (κ3) is 3.80. The van der Waals surface area contributed by atoms with Crippen LogP contribution in [0.2, 0.25) is 0 Å². The standard InChI is InChI=1S/C18H20O/c1-2-17(19)13-14-18(15-9-5-3-6-10-15)16-11-7-4-8-12-16/h2-12,17-19H,1,13-14H2. The second kappa shape index (κ2) is 6.91. The largest absolute Gasteiger partial charge is 0.389 e. The minimum Gasteiger partial charge on any atom is -0.389 e. The van der Waals surface area contributed by atoms with Gasteiger partial charge in [0.2, 0.25) is 0 Å². The van der Waals surface area contributed by atoms with E-state index in [-0.39, 0.29) is 0 Å². The van der Waals surface area contributed by atoms with Gasteiger partial charge >= 0.3 is 0 Å². The van der Waals surface area contributed by atoms with Gasteiger partial charge in [0.25, 0.3) is 0 Å². The van der Waals surface area contributed by atoms with Gasteiger partial charge in [-0.05, 0) is 24.0 Å². The Bertz CT molecular complexity index is 450. The van der Waals surface area contributed by atoms with Crippen molar-refractivity contribution >= 4 is 0 Å². The highest BCUT2D eigenvalue weighted by atomic mass is 16.3. The summed E-state index contributed by atoms with van der Waals surface area (Å²) in [6, 6.07) is 20.9. The van der Waals surface area contributed by atoms with Gasteiger partial charge in [-0.2, -0.15) is 0 Å². The quantitative estimate of drug-likeness (QED) is 0.766. The summed E-state index contributed by atoms with van der Waals surface area (Å²) in [7, 11) is 0. The Labute approximate surface area is 115 Å². The molecule has 19 heavy (non-hydrogen) atoms. The van der Waals surface area contributed by atoms with Gasteiger partial charge in [-0.1, -0.05) is 66.7 Å². The third-order valence-electron chi connectivity index (χ3n) is 3.43. The molecule has 1 atom stereocenters. The topological polar surface area (TPSA) is 20.2 Å². The van der Waals surface area contributed by atoms with E-state index >= 15 is 0 Å². The monoisotopic (exact) mass is 252 g/mol. The van der Waals surface area contributed by atoms with E-state index in [9.17, 15) is 5.11 Å². The molecule has 1 nitrogen and oxygen atoms in total. The molecule has 0 saturated carbocycles. The van der Waals surface area contributed by atoms with Crippen LogP contribution in [0.15, 0.2) is 73.3 Å². The highest BCUT2D eigenvalue weighted by Gasteiger charge is 2.14. The van der Waals surface area contributed by atoms with Crippen LogP contribution in [0.25, 0.3) is 0 Å². The molecule has 0 aliphatic carbocycles. The fourth-order valence-corrected chi connectivity index (χ4v) is 2.35. The molecule has 0 radical (unpaired) electrons. The minimum absolute atomic E-state index is 0.331. The number of benzene rings is 2. The third-order valence-corrected chi connectivity index (χ3v) is 3.43. The molecule has 0 heterocycles. The van der Waals surface area contributed by atoms with Gasteiger partial charge in [0.05, 0.1) is 6.10 Å². The molecule has 1 heteroatoms. The lowest BCUT2D eigenvalue weighted by atomic mass is 9.87. The van der Waals surface area contributed by atoms with Crippen molar-refractivity contribution < 1.29 is 5.11 Å². The van der Waals surface area contributed by atoms with Crippen molar-refractivity contribution in [3.63, 3.8) is 0 Å². The van der Waals surface area contributed by atoms with Crippen LogP contribution < -0.4 is 0 Å². The predicted molar refractivity (Wildman–Crippen MR) is 80.2 cm³/mol. The Morgan fingerprint density at radius 2 is 1.32 bits per heavy atom. The maximum atomic E-state index is 9.68. The number of hydrogen-bond donors (Lipinski definition) is 1. The van der Waals surface area contributed by atoms with Crippen molar-refractivity contribution in [1.29, 1.82) is 0 Å². The number of aliphatic hydroxyl groups excluding tert-OH is 1. The Morgan fingerprint density at radius 1 is 0.842 bits per heavy atom. The zero-order valence-electron chi connectivity index (χ0n) is 11.1. The summed E-state index contributed by atoms with van der Waals surface area (Å²) in [6.45, 7) is 3.63. The molecule has 0 fully saturated rings. The van der Waals surface area contributed by atoms with Crippen molar-refractivity contribution in [3.8, 4) is 0 Å². The van der Waals surface area contributed by atoms with E-state index in [4.69, 9.17) is 0 Å². The summed E-state index contributed by atoms with van der Waals surface area (Å²) in [5.41, 5.74) is 2.59. The van der Waals surface area contributed by atoms with Crippen LogP contribution in [0.3, 0.4) is 0 Å². The second-order valence-corrected chi connectivity index (χ2v) is 4.75. The molecular weight excluding hydrogens is 232 g/mol. The number of hydrogen-bond acceptors (Lipinski definition) is 1. The van der Waals surface area contributed by atoms with Gasteiger partial charge < -0.3 is 5.11 Å². The van der Waals surface area contributed by atoms with Gasteiger partial charge in [-0.3, -0.25) is 0 Å². The van der Waals surface area contributed by atoms with Crippen LogP contribution in [0.5, 0.6) is 0 Å². The molecule has 0 amide bonds. The fourth-order valence-electron chi connectivity index (χ4n) is 2.35. The molecule has 2 aromatic rings. The van der Waals surface area contributed by atoms with Crippen LogP contribution in [-0.2, 0) is 0 Å². The van der Waals surface area contributed by atoms with Gasteiger partial charge in [0, 0.05) is 5.92 Å². The Balaban J connectivity index is 2.21. The summed E-state index contributed by atoms with van der Waals surface area (Å²) in [5.74, 6) is 0.331. The first-order valence-corrected chi connectivity index (χ1v) is 6.71. The van der Waals surface area contributed by atoms with E-state index in [2.05, 4.69) is 55.1 Å². The fraction of sp³-hybridized carbons (Fsp3) is 0.222. The molecular formula is C18H20O. The van der Waals surface area contributed by atoms with Crippen LogP contribution in [0.1, 0.15) is 29.9 Å². The first-order chi connectivity index (χ1) is 9.31. The van der Waals surface area contributed by atoms with Crippen LogP contribution in [-0.4, -0.2) is 11.2 Å². The van der Waals surface area contributed by atoms with Crippen molar-refractivity contribution in [2.45, 2.75) is 24.9 Å². The Hall–Kier alpha value is -1.86. The SMILES string of the molecule is C=CC(O)CCC(c1ccccc1)c1ccccc1. The van der Waals surface area contributed by atoms with Gasteiger partial charge in [-0.15, -0.1) is 6.58 Å². The second-order valence-electron chi connectivity index (χ2n) is 4.75. The molecule has 0 spiro atoms. The molecule has 0 aromatic heterocycles. The van der Waals surface area contributed by atoms with E-state index < -0.39 is 6.10 Å². The summed E-state index contributed by atoms with van der Waals surface area (Å²) in [6.07, 6.45) is 2.83. The van der Waals surface area contributed by atoms with E-state index in [1.807, 2.05) is 12.1 Å². The highest BCUT2D eigenvalue weighted by Crippen LogP contribution is 2.29. The first kappa shape index (κ1) is 13.6. The zero-order valence-corrected chi connectivity index (χ0v) is 11.1. The van der Waals surface area contributed by atoms with Gasteiger partial charge in [-0.25, -0.2) is 0 Å². The van der Waals surface area contributed by atoms with Crippen molar-refractivity contribution in [2.75, 3.05) is 0 Å². The molecule has 0 aliphatic rings. The van der Waals surface area contributed by atoms with Crippen LogP contribution >= 0.6 is 0 Å². The summed E-state index contributed by atoms with van der Waals surface area (Å²) in [5, 5.41) is 9.68. The predicted octanol–water partition coefficient (Wildman–Crippen LogP) is 4.15. The number of rotatable bonds is 6. The van der Waals surface area contributed by atoms with Gasteiger partial charge in [0.1, 0.15) is 0 Å². The average Bonchev–Trinajstić information content (AvgIpc) is 2.49. The summed E-state index contributed by atoms with van der Waals surface area (Å²) >= 11 is 0. The molecule has 98 valence electrons.